The number of rotatable bonds is 5. The molecule has 2 aromatic heterocycles. The Morgan fingerprint density at radius 2 is 2.14 bits per heavy atom. The van der Waals surface area contributed by atoms with E-state index >= 15 is 0 Å². The van der Waals surface area contributed by atoms with Crippen molar-refractivity contribution in [2.45, 2.75) is 6.61 Å². The first-order chi connectivity index (χ1) is 10.2. The topological polar surface area (TPSA) is 98.3 Å². The van der Waals surface area contributed by atoms with Gasteiger partial charge in [0.1, 0.15) is 18.9 Å². The number of aliphatic carboxylic acids is 1. The Kier molecular flexibility index (Phi) is 3.57. The molecule has 0 unspecified atom stereocenters. The number of ether oxygens (including phenoxy) is 1. The van der Waals surface area contributed by atoms with Gasteiger partial charge in [-0.3, -0.25) is 4.98 Å². The van der Waals surface area contributed by atoms with Gasteiger partial charge in [-0.25, -0.2) is 4.79 Å². The Hall–Kier alpha value is -2.80. The minimum absolute atomic E-state index is 0.0515. The van der Waals surface area contributed by atoms with Crippen molar-refractivity contribution in [3.05, 3.63) is 42.4 Å². The zero-order chi connectivity index (χ0) is 14.7. The fourth-order valence-corrected chi connectivity index (χ4v) is 1.93. The summed E-state index contributed by atoms with van der Waals surface area (Å²) in [5, 5.41) is 14.3. The zero-order valence-electron chi connectivity index (χ0n) is 10.9. The highest BCUT2D eigenvalue weighted by Gasteiger charge is 2.13. The molecular formula is C14H11N3O4. The summed E-state index contributed by atoms with van der Waals surface area (Å²) >= 11 is 0. The molecule has 1 aromatic carbocycles. The Bertz CT molecular complexity index is 779. The number of carbonyl (C=O) groups is 1. The van der Waals surface area contributed by atoms with E-state index in [1.165, 1.54) is 0 Å². The molecule has 2 heterocycles. The molecule has 0 aliphatic heterocycles. The summed E-state index contributed by atoms with van der Waals surface area (Å²) in [7, 11) is 0. The normalized spacial score (nSPS) is 10.9. The first-order valence-corrected chi connectivity index (χ1v) is 6.20. The lowest BCUT2D eigenvalue weighted by atomic mass is 10.1. The Balaban J connectivity index is 1.86. The second kappa shape index (κ2) is 5.68. The number of hydrogen-bond donors (Lipinski definition) is 1. The molecule has 0 saturated heterocycles. The first kappa shape index (κ1) is 13.2. The summed E-state index contributed by atoms with van der Waals surface area (Å²) in [5.41, 5.74) is 0.612. The molecule has 1 N–H and O–H groups in total. The fraction of sp³-hybridized carbons (Fsp3) is 0.143. The molecule has 7 nitrogen and oxygen atoms in total. The van der Waals surface area contributed by atoms with Crippen molar-refractivity contribution in [2.24, 2.45) is 0 Å². The van der Waals surface area contributed by atoms with Gasteiger partial charge in [-0.05, 0) is 11.5 Å². The highest BCUT2D eigenvalue weighted by Crippen LogP contribution is 2.23. The molecule has 0 aliphatic rings. The molecule has 3 aromatic rings. The summed E-state index contributed by atoms with van der Waals surface area (Å²) in [4.78, 5) is 18.8. The van der Waals surface area contributed by atoms with Gasteiger partial charge in [-0.1, -0.05) is 29.4 Å². The van der Waals surface area contributed by atoms with Crippen LogP contribution in [-0.2, 0) is 16.1 Å². The lowest BCUT2D eigenvalue weighted by Gasteiger charge is -2.00. The summed E-state index contributed by atoms with van der Waals surface area (Å²) in [6.07, 6.45) is 1.68. The molecule has 0 spiro atoms. The second-order valence-corrected chi connectivity index (χ2v) is 4.28. The SMILES string of the molecule is O=C(O)COCc1nc(-c2nccc3ccccc23)no1. The van der Waals surface area contributed by atoms with E-state index in [-0.39, 0.29) is 12.5 Å². The number of benzene rings is 1. The molecule has 3 rings (SSSR count). The van der Waals surface area contributed by atoms with E-state index in [2.05, 4.69) is 15.1 Å². The average Bonchev–Trinajstić information content (AvgIpc) is 2.95. The number of carboxylic acid groups (broad SMARTS) is 1. The lowest BCUT2D eigenvalue weighted by molar-refractivity contribution is -0.142. The predicted molar refractivity (Wildman–Crippen MR) is 72.3 cm³/mol. The third kappa shape index (κ3) is 2.87. The standard InChI is InChI=1S/C14H11N3O4/c18-12(19)8-20-7-11-16-14(17-21-11)13-10-4-2-1-3-9(10)5-6-15-13/h1-6H,7-8H2,(H,18,19). The molecule has 0 amide bonds. The van der Waals surface area contributed by atoms with Crippen LogP contribution in [0.15, 0.2) is 41.1 Å². The second-order valence-electron chi connectivity index (χ2n) is 4.28. The molecule has 106 valence electrons. The molecule has 0 radical (unpaired) electrons. The van der Waals surface area contributed by atoms with E-state index < -0.39 is 12.6 Å². The van der Waals surface area contributed by atoms with Crippen molar-refractivity contribution in [1.82, 2.24) is 15.1 Å². The van der Waals surface area contributed by atoms with E-state index in [0.29, 0.717) is 11.5 Å². The minimum Gasteiger partial charge on any atom is -0.480 e. The Labute approximate surface area is 119 Å². The molecular weight excluding hydrogens is 274 g/mol. The predicted octanol–water partition coefficient (Wildman–Crippen LogP) is 1.89. The molecule has 0 saturated carbocycles. The van der Waals surface area contributed by atoms with Gasteiger partial charge in [-0.2, -0.15) is 4.98 Å². The number of nitrogens with zero attached hydrogens (tertiary/aromatic N) is 3. The zero-order valence-corrected chi connectivity index (χ0v) is 10.9. The van der Waals surface area contributed by atoms with E-state index in [4.69, 9.17) is 14.4 Å². The van der Waals surface area contributed by atoms with E-state index in [0.717, 1.165) is 10.8 Å². The number of fused-ring (bicyclic) bond motifs is 1. The minimum atomic E-state index is -1.05. The van der Waals surface area contributed by atoms with Crippen LogP contribution in [0.1, 0.15) is 5.89 Å². The molecule has 7 heteroatoms. The summed E-state index contributed by atoms with van der Waals surface area (Å²) in [5.74, 6) is -0.493. The van der Waals surface area contributed by atoms with E-state index in [1.807, 2.05) is 30.3 Å². The van der Waals surface area contributed by atoms with Gasteiger partial charge in [0.15, 0.2) is 0 Å². The lowest BCUT2D eigenvalue weighted by Crippen LogP contribution is -2.06. The van der Waals surface area contributed by atoms with Crippen LogP contribution in [0.25, 0.3) is 22.3 Å². The maximum Gasteiger partial charge on any atom is 0.329 e. The van der Waals surface area contributed by atoms with E-state index in [1.54, 1.807) is 6.20 Å². The van der Waals surface area contributed by atoms with Crippen LogP contribution in [0, 0.1) is 0 Å². The van der Waals surface area contributed by atoms with Gasteiger partial charge < -0.3 is 14.4 Å². The number of aromatic nitrogens is 3. The van der Waals surface area contributed by atoms with Crippen molar-refractivity contribution in [3.63, 3.8) is 0 Å². The van der Waals surface area contributed by atoms with E-state index in [9.17, 15) is 4.79 Å². The van der Waals surface area contributed by atoms with Crippen molar-refractivity contribution < 1.29 is 19.2 Å². The number of carboxylic acids is 1. The van der Waals surface area contributed by atoms with Gasteiger partial charge in [0.2, 0.25) is 5.82 Å². The highest BCUT2D eigenvalue weighted by atomic mass is 16.5. The average molecular weight is 285 g/mol. The summed E-state index contributed by atoms with van der Waals surface area (Å²) < 4.78 is 9.93. The maximum absolute atomic E-state index is 10.4. The smallest absolute Gasteiger partial charge is 0.329 e. The van der Waals surface area contributed by atoms with Crippen LogP contribution in [-0.4, -0.2) is 32.8 Å². The molecule has 0 aliphatic carbocycles. The van der Waals surface area contributed by atoms with Crippen LogP contribution in [0.3, 0.4) is 0 Å². The van der Waals surface area contributed by atoms with Crippen molar-refractivity contribution in [3.8, 4) is 11.5 Å². The summed E-state index contributed by atoms with van der Waals surface area (Å²) in [6, 6.07) is 9.64. The quantitative estimate of drug-likeness (QED) is 0.764. The monoisotopic (exact) mass is 285 g/mol. The third-order valence-electron chi connectivity index (χ3n) is 2.80. The number of pyridine rings is 1. The van der Waals surface area contributed by atoms with Crippen LogP contribution in [0.5, 0.6) is 0 Å². The van der Waals surface area contributed by atoms with Gasteiger partial charge in [0, 0.05) is 11.6 Å². The van der Waals surface area contributed by atoms with Crippen LogP contribution in [0.2, 0.25) is 0 Å². The largest absolute Gasteiger partial charge is 0.480 e. The van der Waals surface area contributed by atoms with Gasteiger partial charge in [0.05, 0.1) is 0 Å². The molecule has 0 bridgehead atoms. The van der Waals surface area contributed by atoms with Crippen LogP contribution < -0.4 is 0 Å². The maximum atomic E-state index is 10.4. The molecule has 0 atom stereocenters. The van der Waals surface area contributed by atoms with Crippen molar-refractivity contribution >= 4 is 16.7 Å². The van der Waals surface area contributed by atoms with Crippen LogP contribution >= 0.6 is 0 Å². The van der Waals surface area contributed by atoms with Gasteiger partial charge in [0.25, 0.3) is 5.89 Å². The molecule has 21 heavy (non-hydrogen) atoms. The first-order valence-electron chi connectivity index (χ1n) is 6.20. The van der Waals surface area contributed by atoms with Gasteiger partial charge >= 0.3 is 5.97 Å². The Morgan fingerprint density at radius 1 is 1.29 bits per heavy atom. The number of hydrogen-bond acceptors (Lipinski definition) is 6. The van der Waals surface area contributed by atoms with Crippen LogP contribution in [0.4, 0.5) is 0 Å². The fourth-order valence-electron chi connectivity index (χ4n) is 1.93. The highest BCUT2D eigenvalue weighted by molar-refractivity contribution is 5.92. The molecule has 0 fully saturated rings. The Morgan fingerprint density at radius 3 is 3.00 bits per heavy atom. The van der Waals surface area contributed by atoms with Crippen molar-refractivity contribution in [1.29, 1.82) is 0 Å². The van der Waals surface area contributed by atoms with Crippen molar-refractivity contribution in [2.75, 3.05) is 6.61 Å². The van der Waals surface area contributed by atoms with Gasteiger partial charge in [-0.15, -0.1) is 0 Å². The summed E-state index contributed by atoms with van der Waals surface area (Å²) in [6.45, 7) is -0.464. The third-order valence-corrected chi connectivity index (χ3v) is 2.80.